The van der Waals surface area contributed by atoms with Crippen molar-refractivity contribution < 1.29 is 27.8 Å². The van der Waals surface area contributed by atoms with Crippen molar-refractivity contribution in [3.8, 4) is 17.0 Å². The number of amides is 2. The third-order valence-electron chi connectivity index (χ3n) is 4.94. The van der Waals surface area contributed by atoms with Crippen molar-refractivity contribution in [1.29, 1.82) is 0 Å². The zero-order chi connectivity index (χ0) is 27.4. The van der Waals surface area contributed by atoms with E-state index in [4.69, 9.17) is 16.3 Å². The monoisotopic (exact) mass is 547 g/mol. The molecule has 0 unspecified atom stereocenters. The number of hydrogen-bond donors (Lipinski definition) is 2. The van der Waals surface area contributed by atoms with Crippen LogP contribution in [0.5, 0.6) is 5.75 Å². The van der Waals surface area contributed by atoms with E-state index in [0.29, 0.717) is 5.65 Å². The van der Waals surface area contributed by atoms with Crippen LogP contribution in [0.15, 0.2) is 48.9 Å². The number of nitrogens with zero attached hydrogens (tertiary/aromatic N) is 5. The van der Waals surface area contributed by atoms with Gasteiger partial charge in [-0.25, -0.2) is 14.3 Å². The fourth-order valence-electron chi connectivity index (χ4n) is 3.47. The highest BCUT2D eigenvalue weighted by Gasteiger charge is 2.22. The Morgan fingerprint density at radius 1 is 1.21 bits per heavy atom. The van der Waals surface area contributed by atoms with Crippen LogP contribution < -0.4 is 15.4 Å². The molecule has 0 saturated heterocycles. The number of imidazole rings is 1. The average molecular weight is 548 g/mol. The SMILES string of the molecule is CC(C)(C)OC(=O)NCCn1cc(NC(=O)c2cnc3cccnn23)c(-c2cc(Cl)ccc2OC(F)F)n1. The number of anilines is 1. The van der Waals surface area contributed by atoms with Gasteiger partial charge in [0.2, 0.25) is 0 Å². The summed E-state index contributed by atoms with van der Waals surface area (Å²) < 4.78 is 38.9. The maximum Gasteiger partial charge on any atom is 0.407 e. The number of halogens is 3. The van der Waals surface area contributed by atoms with Gasteiger partial charge in [0, 0.05) is 29.5 Å². The molecule has 0 aliphatic carbocycles. The molecule has 11 nitrogen and oxygen atoms in total. The van der Waals surface area contributed by atoms with E-state index < -0.39 is 24.2 Å². The van der Waals surface area contributed by atoms with Crippen LogP contribution in [-0.4, -0.2) is 55.1 Å². The summed E-state index contributed by atoms with van der Waals surface area (Å²) in [7, 11) is 0. The minimum Gasteiger partial charge on any atom is -0.444 e. The first-order valence-electron chi connectivity index (χ1n) is 11.4. The number of nitrogens with one attached hydrogen (secondary N) is 2. The van der Waals surface area contributed by atoms with Crippen LogP contribution in [0.3, 0.4) is 0 Å². The molecule has 2 amide bonds. The van der Waals surface area contributed by atoms with Crippen LogP contribution in [0.25, 0.3) is 16.9 Å². The lowest BCUT2D eigenvalue weighted by atomic mass is 10.1. The standard InChI is InChI=1S/C24H24ClF2N7O4/c1-24(2,3)38-23(36)28-9-10-33-13-16(31-21(35)17-12-29-19-5-4-8-30-34(17)19)20(32-33)15-11-14(25)6-7-18(15)37-22(26)27/h4-8,11-13,22H,9-10H2,1-3H3,(H,28,36)(H,31,35). The van der Waals surface area contributed by atoms with Crippen LogP contribution in [0.1, 0.15) is 31.3 Å². The molecule has 1 aromatic carbocycles. The molecule has 14 heteroatoms. The molecule has 3 heterocycles. The van der Waals surface area contributed by atoms with Crippen LogP contribution >= 0.6 is 11.6 Å². The van der Waals surface area contributed by atoms with E-state index in [1.807, 2.05) is 0 Å². The maximum absolute atomic E-state index is 13.1. The smallest absolute Gasteiger partial charge is 0.407 e. The van der Waals surface area contributed by atoms with Crippen LogP contribution in [0.2, 0.25) is 5.02 Å². The molecule has 0 bridgehead atoms. The third-order valence-corrected chi connectivity index (χ3v) is 5.18. The second-order valence-corrected chi connectivity index (χ2v) is 9.43. The molecule has 3 aromatic heterocycles. The lowest BCUT2D eigenvalue weighted by molar-refractivity contribution is -0.0494. The predicted molar refractivity (Wildman–Crippen MR) is 134 cm³/mol. The van der Waals surface area contributed by atoms with Crippen molar-refractivity contribution in [2.45, 2.75) is 39.5 Å². The Labute approximate surface area is 220 Å². The van der Waals surface area contributed by atoms with Gasteiger partial charge >= 0.3 is 12.7 Å². The molecule has 0 atom stereocenters. The second-order valence-electron chi connectivity index (χ2n) is 8.99. The number of hydrogen-bond acceptors (Lipinski definition) is 7. The molecular formula is C24H24ClF2N7O4. The molecule has 38 heavy (non-hydrogen) atoms. The molecule has 4 rings (SSSR count). The highest BCUT2D eigenvalue weighted by atomic mass is 35.5. The Bertz CT molecular complexity index is 1470. The van der Waals surface area contributed by atoms with Gasteiger partial charge in [-0.3, -0.25) is 9.48 Å². The van der Waals surface area contributed by atoms with E-state index in [2.05, 4.69) is 30.6 Å². The number of fused-ring (bicyclic) bond motifs is 1. The summed E-state index contributed by atoms with van der Waals surface area (Å²) in [6.07, 6.45) is 3.75. The normalized spacial score (nSPS) is 11.6. The molecule has 0 aliphatic rings. The molecule has 0 fully saturated rings. The highest BCUT2D eigenvalue weighted by molar-refractivity contribution is 6.31. The van der Waals surface area contributed by atoms with Crippen LogP contribution in [0.4, 0.5) is 19.3 Å². The van der Waals surface area contributed by atoms with E-state index in [0.717, 1.165) is 0 Å². The fraction of sp³-hybridized carbons (Fsp3) is 0.292. The quantitative estimate of drug-likeness (QED) is 0.329. The van der Waals surface area contributed by atoms with E-state index in [1.165, 1.54) is 46.0 Å². The second kappa shape index (κ2) is 11.0. The van der Waals surface area contributed by atoms with Crippen molar-refractivity contribution in [2.75, 3.05) is 11.9 Å². The summed E-state index contributed by atoms with van der Waals surface area (Å²) in [6.45, 7) is 2.43. The zero-order valence-corrected chi connectivity index (χ0v) is 21.4. The predicted octanol–water partition coefficient (Wildman–Crippen LogP) is 4.62. The molecule has 4 aromatic rings. The first-order chi connectivity index (χ1) is 18.0. The molecule has 2 N–H and O–H groups in total. The molecule has 200 valence electrons. The number of alkyl carbamates (subject to hydrolysis) is 1. The van der Waals surface area contributed by atoms with Crippen molar-refractivity contribution >= 4 is 34.9 Å². The number of carbonyl (C=O) groups excluding carboxylic acids is 2. The Hall–Kier alpha value is -4.26. The summed E-state index contributed by atoms with van der Waals surface area (Å²) in [4.78, 5) is 29.3. The lowest BCUT2D eigenvalue weighted by Gasteiger charge is -2.19. The van der Waals surface area contributed by atoms with Gasteiger partial charge in [-0.1, -0.05) is 11.6 Å². The molecule has 0 saturated carbocycles. The number of benzene rings is 1. The number of carbonyl (C=O) groups is 2. The topological polar surface area (TPSA) is 125 Å². The Morgan fingerprint density at radius 3 is 2.74 bits per heavy atom. The van der Waals surface area contributed by atoms with Crippen LogP contribution in [-0.2, 0) is 11.3 Å². The molecular weight excluding hydrogens is 524 g/mol. The summed E-state index contributed by atoms with van der Waals surface area (Å²) in [5.74, 6) is -0.754. The lowest BCUT2D eigenvalue weighted by Crippen LogP contribution is -2.34. The van der Waals surface area contributed by atoms with E-state index in [9.17, 15) is 18.4 Å². The van der Waals surface area contributed by atoms with Crippen molar-refractivity contribution in [1.82, 2.24) is 29.7 Å². The van der Waals surface area contributed by atoms with Gasteiger partial charge in [-0.05, 0) is 51.1 Å². The summed E-state index contributed by atoms with van der Waals surface area (Å²) in [5.41, 5.74) is 0.365. The number of ether oxygens (including phenoxy) is 2. The van der Waals surface area contributed by atoms with Crippen molar-refractivity contribution in [2.24, 2.45) is 0 Å². The number of alkyl halides is 2. The largest absolute Gasteiger partial charge is 0.444 e. The minimum absolute atomic E-state index is 0.121. The maximum atomic E-state index is 13.1. The third kappa shape index (κ3) is 6.54. The van der Waals surface area contributed by atoms with Gasteiger partial charge in [0.15, 0.2) is 11.3 Å². The van der Waals surface area contributed by atoms with Crippen LogP contribution in [0, 0.1) is 0 Å². The van der Waals surface area contributed by atoms with Gasteiger partial charge in [-0.15, -0.1) is 0 Å². The van der Waals surface area contributed by atoms with Gasteiger partial charge in [0.25, 0.3) is 5.91 Å². The van der Waals surface area contributed by atoms with Gasteiger partial charge < -0.3 is 20.1 Å². The van der Waals surface area contributed by atoms with Gasteiger partial charge in [0.05, 0.1) is 18.4 Å². The Morgan fingerprint density at radius 2 is 2.00 bits per heavy atom. The van der Waals surface area contributed by atoms with E-state index in [1.54, 1.807) is 32.9 Å². The fourth-order valence-corrected chi connectivity index (χ4v) is 3.64. The Kier molecular flexibility index (Phi) is 7.76. The Balaban J connectivity index is 1.65. The zero-order valence-electron chi connectivity index (χ0n) is 20.6. The highest BCUT2D eigenvalue weighted by Crippen LogP contribution is 2.37. The molecule has 0 aliphatic heterocycles. The van der Waals surface area contributed by atoms with Gasteiger partial charge in [-0.2, -0.15) is 19.0 Å². The first-order valence-corrected chi connectivity index (χ1v) is 11.8. The molecule has 0 spiro atoms. The molecule has 0 radical (unpaired) electrons. The first kappa shape index (κ1) is 26.8. The van der Waals surface area contributed by atoms with E-state index >= 15 is 0 Å². The van der Waals surface area contributed by atoms with Crippen molar-refractivity contribution in [3.05, 3.63) is 59.6 Å². The average Bonchev–Trinajstić information content (AvgIpc) is 3.43. The summed E-state index contributed by atoms with van der Waals surface area (Å²) in [5, 5.41) is 14.2. The van der Waals surface area contributed by atoms with Crippen molar-refractivity contribution in [3.63, 3.8) is 0 Å². The van der Waals surface area contributed by atoms with Gasteiger partial charge in [0.1, 0.15) is 17.0 Å². The van der Waals surface area contributed by atoms with E-state index in [-0.39, 0.29) is 46.5 Å². The summed E-state index contributed by atoms with van der Waals surface area (Å²) in [6, 6.07) is 7.45. The number of rotatable bonds is 8. The number of aromatic nitrogens is 5. The summed E-state index contributed by atoms with van der Waals surface area (Å²) >= 11 is 6.14. The minimum atomic E-state index is -3.10.